The van der Waals surface area contributed by atoms with E-state index in [1.165, 1.54) is 21.0 Å². The Hall–Kier alpha value is -4.21. The summed E-state index contributed by atoms with van der Waals surface area (Å²) < 4.78 is 14.3. The van der Waals surface area contributed by atoms with Crippen molar-refractivity contribution >= 4 is 29.8 Å². The number of ether oxygens (including phenoxy) is 3. The summed E-state index contributed by atoms with van der Waals surface area (Å²) in [7, 11) is 1.39. The first-order valence-electron chi connectivity index (χ1n) is 12.0. The Kier molecular flexibility index (Phi) is 9.37. The van der Waals surface area contributed by atoms with Crippen LogP contribution in [0, 0.1) is 11.3 Å². The molecule has 1 aliphatic heterocycles. The molecule has 196 valence electrons. The van der Waals surface area contributed by atoms with Crippen LogP contribution in [-0.4, -0.2) is 61.2 Å². The highest BCUT2D eigenvalue weighted by molar-refractivity contribution is 6.04. The summed E-state index contributed by atoms with van der Waals surface area (Å²) in [6.07, 6.45) is -0.0337. The van der Waals surface area contributed by atoms with Crippen molar-refractivity contribution in [1.82, 2.24) is 10.2 Å². The van der Waals surface area contributed by atoms with Crippen molar-refractivity contribution in [1.29, 1.82) is 5.41 Å². The minimum absolute atomic E-state index is 0.0344. The Morgan fingerprint density at radius 2 is 1.49 bits per heavy atom. The molecule has 0 saturated carbocycles. The predicted molar refractivity (Wildman–Crippen MR) is 135 cm³/mol. The lowest BCUT2D eigenvalue weighted by molar-refractivity contribution is -0.161. The molecule has 1 atom stereocenters. The predicted octanol–water partition coefficient (Wildman–Crippen LogP) is 3.73. The number of benzene rings is 2. The highest BCUT2D eigenvalue weighted by Gasteiger charge is 2.25. The first kappa shape index (κ1) is 27.4. The van der Waals surface area contributed by atoms with Crippen molar-refractivity contribution in [2.45, 2.75) is 39.4 Å². The molecule has 2 aromatic carbocycles. The maximum absolute atomic E-state index is 12.9. The Labute approximate surface area is 215 Å². The van der Waals surface area contributed by atoms with Crippen LogP contribution < -0.4 is 5.32 Å². The van der Waals surface area contributed by atoms with Gasteiger partial charge in [-0.1, -0.05) is 36.4 Å². The monoisotopic (exact) mass is 509 g/mol. The molecule has 0 radical (unpaired) electrons. The third-order valence-electron chi connectivity index (χ3n) is 6.06. The second-order valence-electron chi connectivity index (χ2n) is 8.75. The second-order valence-corrected chi connectivity index (χ2v) is 8.75. The van der Waals surface area contributed by atoms with Gasteiger partial charge in [-0.15, -0.1) is 0 Å². The van der Waals surface area contributed by atoms with Crippen LogP contribution in [0.4, 0.5) is 4.79 Å². The third kappa shape index (κ3) is 7.89. The lowest BCUT2D eigenvalue weighted by atomic mass is 9.93. The number of esters is 2. The number of methoxy groups -OCH3 is 1. The molecule has 1 fully saturated rings. The summed E-state index contributed by atoms with van der Waals surface area (Å²) in [5.74, 6) is -0.750. The van der Waals surface area contributed by atoms with Crippen LogP contribution in [0.1, 0.15) is 49.0 Å². The molecule has 37 heavy (non-hydrogen) atoms. The zero-order chi connectivity index (χ0) is 26.9. The van der Waals surface area contributed by atoms with Crippen LogP contribution in [0.15, 0.2) is 48.5 Å². The van der Waals surface area contributed by atoms with E-state index in [1.54, 1.807) is 36.4 Å². The van der Waals surface area contributed by atoms with E-state index in [4.69, 9.17) is 19.6 Å². The van der Waals surface area contributed by atoms with Crippen molar-refractivity contribution in [2.75, 3.05) is 20.2 Å². The van der Waals surface area contributed by atoms with Crippen LogP contribution in [0.2, 0.25) is 0 Å². The first-order chi connectivity index (χ1) is 17.7. The Balaban J connectivity index is 1.54. The number of hydrogen-bond acceptors (Lipinski definition) is 8. The van der Waals surface area contributed by atoms with Crippen molar-refractivity contribution in [3.8, 4) is 11.1 Å². The standard InChI is InChI=1S/C27H31N3O7/c1-17(31)36-18(2)37-27(34)29-25(28)22-8-4-20(5-9-22)21-6-10-23(11-7-21)26(33)30-14-12-19(13-15-30)16-24(32)35-3/h4-11,18-19H,12-16H2,1-3H3,(H2,28,29,34). The minimum atomic E-state index is -1.07. The molecule has 1 heterocycles. The largest absolute Gasteiger partial charge is 0.469 e. The van der Waals surface area contributed by atoms with Gasteiger partial charge in [0.05, 0.1) is 7.11 Å². The van der Waals surface area contributed by atoms with Crippen molar-refractivity contribution < 1.29 is 33.4 Å². The molecule has 0 bridgehead atoms. The van der Waals surface area contributed by atoms with Gasteiger partial charge in [0.25, 0.3) is 5.91 Å². The van der Waals surface area contributed by atoms with Crippen molar-refractivity contribution in [3.63, 3.8) is 0 Å². The summed E-state index contributed by atoms with van der Waals surface area (Å²) in [6.45, 7) is 3.82. The average Bonchev–Trinajstić information content (AvgIpc) is 2.88. The first-order valence-corrected chi connectivity index (χ1v) is 12.0. The Morgan fingerprint density at radius 1 is 0.946 bits per heavy atom. The van der Waals surface area contributed by atoms with Gasteiger partial charge in [0.2, 0.25) is 6.29 Å². The fourth-order valence-electron chi connectivity index (χ4n) is 4.09. The van der Waals surface area contributed by atoms with Crippen LogP contribution >= 0.6 is 0 Å². The van der Waals surface area contributed by atoms with Crippen LogP contribution in [0.25, 0.3) is 11.1 Å². The average molecular weight is 510 g/mol. The highest BCUT2D eigenvalue weighted by Crippen LogP contribution is 2.24. The molecular formula is C27H31N3O7. The van der Waals surface area contributed by atoms with Gasteiger partial charge in [0.15, 0.2) is 0 Å². The van der Waals surface area contributed by atoms with Gasteiger partial charge < -0.3 is 19.1 Å². The molecule has 0 spiro atoms. The van der Waals surface area contributed by atoms with Crippen molar-refractivity contribution in [3.05, 3.63) is 59.7 Å². The molecule has 0 aromatic heterocycles. The fraction of sp³-hybridized carbons (Fsp3) is 0.370. The summed E-state index contributed by atoms with van der Waals surface area (Å²) in [5.41, 5.74) is 2.83. The summed E-state index contributed by atoms with van der Waals surface area (Å²) in [4.78, 5) is 48.9. The number of alkyl carbamates (subject to hydrolysis) is 1. The number of hydrogen-bond donors (Lipinski definition) is 2. The van der Waals surface area contributed by atoms with Gasteiger partial charge >= 0.3 is 18.0 Å². The van der Waals surface area contributed by atoms with E-state index in [2.05, 4.69) is 5.32 Å². The second kappa shape index (κ2) is 12.7. The molecule has 2 N–H and O–H groups in total. The van der Waals surface area contributed by atoms with Gasteiger partial charge in [0, 0.05) is 44.5 Å². The molecule has 0 aliphatic carbocycles. The lowest BCUT2D eigenvalue weighted by Crippen LogP contribution is -2.38. The van der Waals surface area contributed by atoms with Gasteiger partial charge in [-0.3, -0.25) is 25.1 Å². The van der Waals surface area contributed by atoms with E-state index in [9.17, 15) is 19.2 Å². The minimum Gasteiger partial charge on any atom is -0.469 e. The maximum Gasteiger partial charge on any atom is 0.415 e. The van der Waals surface area contributed by atoms with Gasteiger partial charge in [-0.2, -0.15) is 0 Å². The number of amidine groups is 1. The summed E-state index contributed by atoms with van der Waals surface area (Å²) >= 11 is 0. The van der Waals surface area contributed by atoms with Crippen LogP contribution in [-0.2, 0) is 23.8 Å². The molecule has 2 aromatic rings. The van der Waals surface area contributed by atoms with Gasteiger partial charge in [-0.25, -0.2) is 4.79 Å². The topological polar surface area (TPSA) is 135 Å². The number of amides is 2. The van der Waals surface area contributed by atoms with E-state index >= 15 is 0 Å². The third-order valence-corrected chi connectivity index (χ3v) is 6.06. The smallest absolute Gasteiger partial charge is 0.415 e. The van der Waals surface area contributed by atoms with E-state index in [1.807, 2.05) is 17.0 Å². The number of carbonyl (C=O) groups is 4. The molecule has 1 aliphatic rings. The number of rotatable bonds is 7. The van der Waals surface area contributed by atoms with E-state index < -0.39 is 18.4 Å². The summed E-state index contributed by atoms with van der Waals surface area (Å²) in [5, 5.41) is 10.4. The molecule has 2 amide bonds. The van der Waals surface area contributed by atoms with Gasteiger partial charge in [0.1, 0.15) is 5.84 Å². The van der Waals surface area contributed by atoms with E-state index in [0.717, 1.165) is 24.0 Å². The zero-order valence-electron chi connectivity index (χ0n) is 21.1. The summed E-state index contributed by atoms with van der Waals surface area (Å²) in [6, 6.07) is 14.3. The molecule has 3 rings (SSSR count). The van der Waals surface area contributed by atoms with Crippen molar-refractivity contribution in [2.24, 2.45) is 5.92 Å². The number of piperidine rings is 1. The van der Waals surface area contributed by atoms with Crippen LogP contribution in [0.5, 0.6) is 0 Å². The quantitative estimate of drug-likeness (QED) is 0.251. The molecule has 1 unspecified atom stereocenters. The molecule has 1 saturated heterocycles. The number of likely N-dealkylation sites (tertiary alicyclic amines) is 1. The SMILES string of the molecule is COC(=O)CC1CCN(C(=O)c2ccc(-c3ccc(C(=N)NC(=O)OC(C)OC(C)=O)cc3)cc2)CC1. The number of carbonyl (C=O) groups excluding carboxylic acids is 4. The lowest BCUT2D eigenvalue weighted by Gasteiger charge is -2.31. The zero-order valence-corrected chi connectivity index (χ0v) is 21.1. The van der Waals surface area contributed by atoms with Gasteiger partial charge in [-0.05, 0) is 42.0 Å². The fourth-order valence-corrected chi connectivity index (χ4v) is 4.09. The molecular weight excluding hydrogens is 478 g/mol. The maximum atomic E-state index is 12.9. The van der Waals surface area contributed by atoms with E-state index in [-0.39, 0.29) is 23.6 Å². The normalized spacial score (nSPS) is 14.3. The molecule has 10 nitrogen and oxygen atoms in total. The number of nitrogens with one attached hydrogen (secondary N) is 2. The van der Waals surface area contributed by atoms with E-state index in [0.29, 0.717) is 30.6 Å². The Bertz CT molecular complexity index is 1140. The molecule has 10 heteroatoms. The van der Waals surface area contributed by atoms with Crippen LogP contribution in [0.3, 0.4) is 0 Å². The Morgan fingerprint density at radius 3 is 2.00 bits per heavy atom. The number of nitrogens with zero attached hydrogens (tertiary/aromatic N) is 1. The highest BCUT2D eigenvalue weighted by atomic mass is 16.7.